The molecule has 4 aromatic rings. The van der Waals surface area contributed by atoms with Gasteiger partial charge in [-0.25, -0.2) is 4.98 Å². The molecule has 9 heteroatoms. The van der Waals surface area contributed by atoms with E-state index in [2.05, 4.69) is 36.8 Å². The number of ether oxygens (including phenoxy) is 1. The molecular formula is C17H17N7OS. The zero-order chi connectivity index (χ0) is 18.1. The standard InChI is InChI=1S/C17H17N7OS/c1-4-23-15(12-7-5-6-8-13(12)25-3)21-22-17(23)26-14-9-11(2)20-16-18-10-19-24(14)16/h5-10H,4H2,1-3H3. The second-order valence-corrected chi connectivity index (χ2v) is 6.55. The molecule has 0 saturated carbocycles. The van der Waals surface area contributed by atoms with E-state index >= 15 is 0 Å². The first-order valence-corrected chi connectivity index (χ1v) is 8.94. The summed E-state index contributed by atoms with van der Waals surface area (Å²) in [6.07, 6.45) is 1.50. The van der Waals surface area contributed by atoms with E-state index in [9.17, 15) is 0 Å². The monoisotopic (exact) mass is 367 g/mol. The SMILES string of the molecule is CCn1c(Sc2cc(C)nc3ncnn23)nnc1-c1ccccc1OC. The smallest absolute Gasteiger partial charge is 0.253 e. The average molecular weight is 367 g/mol. The first-order chi connectivity index (χ1) is 12.7. The molecule has 0 spiro atoms. The summed E-state index contributed by atoms with van der Waals surface area (Å²) in [4.78, 5) is 8.54. The summed E-state index contributed by atoms with van der Waals surface area (Å²) in [5.41, 5.74) is 1.79. The molecule has 0 fully saturated rings. The maximum Gasteiger partial charge on any atom is 0.253 e. The zero-order valence-electron chi connectivity index (χ0n) is 14.6. The Morgan fingerprint density at radius 3 is 2.85 bits per heavy atom. The van der Waals surface area contributed by atoms with E-state index < -0.39 is 0 Å². The molecule has 8 nitrogen and oxygen atoms in total. The lowest BCUT2D eigenvalue weighted by Crippen LogP contribution is -2.02. The third-order valence-corrected chi connectivity index (χ3v) is 4.91. The van der Waals surface area contributed by atoms with Crippen molar-refractivity contribution < 1.29 is 4.74 Å². The van der Waals surface area contributed by atoms with E-state index in [1.165, 1.54) is 18.1 Å². The molecule has 3 aromatic heterocycles. The number of nitrogens with zero attached hydrogens (tertiary/aromatic N) is 7. The van der Waals surface area contributed by atoms with E-state index in [1.807, 2.05) is 37.3 Å². The molecule has 132 valence electrons. The molecule has 1 aromatic carbocycles. The van der Waals surface area contributed by atoms with E-state index in [0.29, 0.717) is 5.78 Å². The van der Waals surface area contributed by atoms with Crippen molar-refractivity contribution in [2.45, 2.75) is 30.6 Å². The van der Waals surface area contributed by atoms with Gasteiger partial charge in [0.25, 0.3) is 5.78 Å². The zero-order valence-corrected chi connectivity index (χ0v) is 15.4. The second kappa shape index (κ2) is 6.75. The molecule has 0 aliphatic heterocycles. The van der Waals surface area contributed by atoms with Crippen molar-refractivity contribution in [3.8, 4) is 17.1 Å². The van der Waals surface area contributed by atoms with Gasteiger partial charge >= 0.3 is 0 Å². The van der Waals surface area contributed by atoms with Crippen LogP contribution in [0.3, 0.4) is 0 Å². The number of benzene rings is 1. The van der Waals surface area contributed by atoms with Gasteiger partial charge in [0.1, 0.15) is 17.1 Å². The maximum absolute atomic E-state index is 5.47. The molecule has 0 saturated heterocycles. The Morgan fingerprint density at radius 1 is 1.19 bits per heavy atom. The van der Waals surface area contributed by atoms with E-state index in [0.717, 1.165) is 39.6 Å². The summed E-state index contributed by atoms with van der Waals surface area (Å²) >= 11 is 1.49. The number of methoxy groups -OCH3 is 1. The van der Waals surface area contributed by atoms with Crippen molar-refractivity contribution in [3.05, 3.63) is 42.4 Å². The highest BCUT2D eigenvalue weighted by molar-refractivity contribution is 7.99. The van der Waals surface area contributed by atoms with Gasteiger partial charge in [0.05, 0.1) is 12.7 Å². The van der Waals surface area contributed by atoms with Gasteiger partial charge in [-0.1, -0.05) is 12.1 Å². The summed E-state index contributed by atoms with van der Waals surface area (Å²) in [6.45, 7) is 4.73. The van der Waals surface area contributed by atoms with Gasteiger partial charge in [0, 0.05) is 12.2 Å². The fourth-order valence-electron chi connectivity index (χ4n) is 2.74. The van der Waals surface area contributed by atoms with Crippen molar-refractivity contribution in [2.24, 2.45) is 0 Å². The van der Waals surface area contributed by atoms with Crippen molar-refractivity contribution in [2.75, 3.05) is 7.11 Å². The fraction of sp³-hybridized carbons (Fsp3) is 0.235. The molecule has 0 bridgehead atoms. The topological polar surface area (TPSA) is 83.0 Å². The van der Waals surface area contributed by atoms with Crippen LogP contribution in [0.15, 0.2) is 46.8 Å². The number of rotatable bonds is 5. The van der Waals surface area contributed by atoms with E-state index in [1.54, 1.807) is 11.6 Å². The number of fused-ring (bicyclic) bond motifs is 1. The molecule has 3 heterocycles. The Kier molecular flexibility index (Phi) is 4.29. The lowest BCUT2D eigenvalue weighted by Gasteiger charge is -2.10. The van der Waals surface area contributed by atoms with Crippen molar-refractivity contribution in [3.63, 3.8) is 0 Å². The van der Waals surface area contributed by atoms with Crippen molar-refractivity contribution in [1.29, 1.82) is 0 Å². The highest BCUT2D eigenvalue weighted by Gasteiger charge is 2.18. The Balaban J connectivity index is 1.79. The maximum atomic E-state index is 5.47. The average Bonchev–Trinajstić information content (AvgIpc) is 3.28. The van der Waals surface area contributed by atoms with Gasteiger partial charge in [0.2, 0.25) is 0 Å². The summed E-state index contributed by atoms with van der Waals surface area (Å²) in [7, 11) is 1.66. The summed E-state index contributed by atoms with van der Waals surface area (Å²) < 4.78 is 9.23. The van der Waals surface area contributed by atoms with Crippen LogP contribution in [-0.4, -0.2) is 41.5 Å². The minimum absolute atomic E-state index is 0.569. The summed E-state index contributed by atoms with van der Waals surface area (Å²) in [6, 6.07) is 9.76. The highest BCUT2D eigenvalue weighted by Crippen LogP contribution is 2.33. The number of para-hydroxylation sites is 1. The Morgan fingerprint density at radius 2 is 2.04 bits per heavy atom. The minimum atomic E-state index is 0.569. The van der Waals surface area contributed by atoms with Crippen LogP contribution < -0.4 is 4.74 Å². The predicted octanol–water partition coefficient (Wildman–Crippen LogP) is 2.87. The molecule has 0 amide bonds. The van der Waals surface area contributed by atoms with Crippen molar-refractivity contribution in [1.82, 2.24) is 34.3 Å². The molecule has 4 rings (SSSR count). The third-order valence-electron chi connectivity index (χ3n) is 3.92. The van der Waals surface area contributed by atoms with Crippen molar-refractivity contribution >= 4 is 17.5 Å². The van der Waals surface area contributed by atoms with E-state index in [4.69, 9.17) is 4.74 Å². The molecule has 0 radical (unpaired) electrons. The Bertz CT molecular complexity index is 1070. The molecule has 0 unspecified atom stereocenters. The minimum Gasteiger partial charge on any atom is -0.496 e. The van der Waals surface area contributed by atoms with Gasteiger partial charge in [-0.15, -0.1) is 10.2 Å². The van der Waals surface area contributed by atoms with Crippen LogP contribution in [0, 0.1) is 6.92 Å². The first-order valence-electron chi connectivity index (χ1n) is 8.13. The third kappa shape index (κ3) is 2.80. The molecule has 0 aliphatic rings. The van der Waals surface area contributed by atoms with Gasteiger partial charge in [-0.05, 0) is 43.8 Å². The van der Waals surface area contributed by atoms with Crippen LogP contribution in [0.1, 0.15) is 12.6 Å². The molecule has 0 atom stereocenters. The number of aryl methyl sites for hydroxylation is 1. The largest absolute Gasteiger partial charge is 0.496 e. The van der Waals surface area contributed by atoms with Gasteiger partial charge in [-0.2, -0.15) is 14.6 Å². The van der Waals surface area contributed by atoms with Crippen LogP contribution in [0.5, 0.6) is 5.75 Å². The highest BCUT2D eigenvalue weighted by atomic mass is 32.2. The van der Waals surface area contributed by atoms with E-state index in [-0.39, 0.29) is 0 Å². The number of hydrogen-bond donors (Lipinski definition) is 0. The first kappa shape index (κ1) is 16.5. The second-order valence-electron chi connectivity index (χ2n) is 5.56. The lowest BCUT2D eigenvalue weighted by molar-refractivity contribution is 0.416. The fourth-order valence-corrected chi connectivity index (χ4v) is 3.78. The van der Waals surface area contributed by atoms with Crippen LogP contribution in [-0.2, 0) is 6.54 Å². The molecule has 0 aliphatic carbocycles. The molecule has 26 heavy (non-hydrogen) atoms. The lowest BCUT2D eigenvalue weighted by atomic mass is 10.2. The quantitative estimate of drug-likeness (QED) is 0.502. The van der Waals surface area contributed by atoms with Crippen LogP contribution >= 0.6 is 11.8 Å². The van der Waals surface area contributed by atoms with Crippen LogP contribution in [0.2, 0.25) is 0 Å². The number of hydrogen-bond acceptors (Lipinski definition) is 7. The summed E-state index contributed by atoms with van der Waals surface area (Å²) in [5.74, 6) is 2.11. The van der Waals surface area contributed by atoms with Gasteiger partial charge < -0.3 is 9.30 Å². The predicted molar refractivity (Wildman–Crippen MR) is 97.3 cm³/mol. The van der Waals surface area contributed by atoms with Gasteiger partial charge in [-0.3, -0.25) is 0 Å². The summed E-state index contributed by atoms with van der Waals surface area (Å²) in [5, 5.41) is 14.7. The molecule has 0 N–H and O–H groups in total. The Hall–Kier alpha value is -2.94. The van der Waals surface area contributed by atoms with Gasteiger partial charge in [0.15, 0.2) is 11.0 Å². The number of aromatic nitrogens is 7. The van der Waals surface area contributed by atoms with Crippen LogP contribution in [0.4, 0.5) is 0 Å². The Labute approximate surface area is 154 Å². The normalized spacial score (nSPS) is 11.2. The molecular weight excluding hydrogens is 350 g/mol. The van der Waals surface area contributed by atoms with Crippen LogP contribution in [0.25, 0.3) is 17.2 Å².